The number of carbonyl (C=O) groups excluding carboxylic acids is 1. The second-order valence-electron chi connectivity index (χ2n) is 5.17. The number of nitrogens with two attached hydrogens (primary N) is 1. The SMILES string of the molecule is N[C@@H](CC(=O)COCc1ccccc1)Cc1ccccc1. The van der Waals surface area contributed by atoms with E-state index in [1.54, 1.807) is 0 Å². The van der Waals surface area contributed by atoms with Crippen LogP contribution < -0.4 is 5.73 Å². The van der Waals surface area contributed by atoms with Crippen molar-refractivity contribution in [3.05, 3.63) is 71.8 Å². The summed E-state index contributed by atoms with van der Waals surface area (Å²) in [5.74, 6) is 0.0503. The van der Waals surface area contributed by atoms with E-state index in [-0.39, 0.29) is 18.4 Å². The molecule has 2 rings (SSSR count). The third-order valence-corrected chi connectivity index (χ3v) is 3.21. The molecule has 0 unspecified atom stereocenters. The summed E-state index contributed by atoms with van der Waals surface area (Å²) in [6.45, 7) is 0.581. The van der Waals surface area contributed by atoms with Crippen molar-refractivity contribution < 1.29 is 9.53 Å². The van der Waals surface area contributed by atoms with Gasteiger partial charge in [0.05, 0.1) is 6.61 Å². The van der Waals surface area contributed by atoms with Gasteiger partial charge in [-0.25, -0.2) is 0 Å². The Morgan fingerprint density at radius 3 is 2.14 bits per heavy atom. The average Bonchev–Trinajstić information content (AvgIpc) is 2.49. The molecule has 3 nitrogen and oxygen atoms in total. The maximum Gasteiger partial charge on any atom is 0.160 e. The van der Waals surface area contributed by atoms with E-state index in [1.165, 1.54) is 0 Å². The minimum absolute atomic E-state index is 0.0503. The fourth-order valence-electron chi connectivity index (χ4n) is 2.20. The summed E-state index contributed by atoms with van der Waals surface area (Å²) >= 11 is 0. The highest BCUT2D eigenvalue weighted by molar-refractivity contribution is 5.80. The van der Waals surface area contributed by atoms with Gasteiger partial charge in [0, 0.05) is 12.5 Å². The molecule has 0 saturated heterocycles. The van der Waals surface area contributed by atoms with Crippen LogP contribution in [-0.4, -0.2) is 18.4 Å². The minimum Gasteiger partial charge on any atom is -0.369 e. The Kier molecular flexibility index (Phi) is 6.13. The predicted octanol–water partition coefficient (Wildman–Crippen LogP) is 2.73. The Balaban J connectivity index is 1.67. The van der Waals surface area contributed by atoms with Gasteiger partial charge in [-0.15, -0.1) is 0 Å². The summed E-state index contributed by atoms with van der Waals surface area (Å²) in [4.78, 5) is 11.8. The zero-order valence-corrected chi connectivity index (χ0v) is 12.1. The molecule has 0 radical (unpaired) electrons. The van der Waals surface area contributed by atoms with E-state index in [9.17, 15) is 4.79 Å². The lowest BCUT2D eigenvalue weighted by atomic mass is 10.0. The highest BCUT2D eigenvalue weighted by atomic mass is 16.5. The summed E-state index contributed by atoms with van der Waals surface area (Å²) in [5.41, 5.74) is 8.24. The number of rotatable bonds is 8. The molecule has 0 aliphatic rings. The van der Waals surface area contributed by atoms with Crippen molar-refractivity contribution in [3.63, 3.8) is 0 Å². The number of benzene rings is 2. The Labute approximate surface area is 125 Å². The molecule has 0 aliphatic carbocycles. The molecule has 21 heavy (non-hydrogen) atoms. The van der Waals surface area contributed by atoms with Gasteiger partial charge in [-0.3, -0.25) is 4.79 Å². The van der Waals surface area contributed by atoms with Gasteiger partial charge in [-0.2, -0.15) is 0 Å². The fraction of sp³-hybridized carbons (Fsp3) is 0.278. The molecule has 2 N–H and O–H groups in total. The molecular formula is C18H21NO2. The van der Waals surface area contributed by atoms with Crippen molar-refractivity contribution in [1.29, 1.82) is 0 Å². The molecule has 3 heteroatoms. The Bertz CT molecular complexity index is 540. The van der Waals surface area contributed by atoms with Gasteiger partial charge in [0.1, 0.15) is 6.61 Å². The molecule has 0 bridgehead atoms. The van der Waals surface area contributed by atoms with Crippen molar-refractivity contribution in [1.82, 2.24) is 0 Å². The summed E-state index contributed by atoms with van der Waals surface area (Å²) in [6.07, 6.45) is 1.06. The number of ketones is 1. The van der Waals surface area contributed by atoms with E-state index >= 15 is 0 Å². The number of hydrogen-bond acceptors (Lipinski definition) is 3. The highest BCUT2D eigenvalue weighted by Crippen LogP contribution is 2.05. The lowest BCUT2D eigenvalue weighted by Gasteiger charge is -2.11. The molecule has 0 aromatic heterocycles. The van der Waals surface area contributed by atoms with Crippen LogP contribution in [0.2, 0.25) is 0 Å². The monoisotopic (exact) mass is 283 g/mol. The molecule has 2 aromatic carbocycles. The predicted molar refractivity (Wildman–Crippen MR) is 83.8 cm³/mol. The first-order valence-electron chi connectivity index (χ1n) is 7.17. The molecule has 0 fully saturated rings. The quantitative estimate of drug-likeness (QED) is 0.810. The molecular weight excluding hydrogens is 262 g/mol. The van der Waals surface area contributed by atoms with Crippen molar-refractivity contribution in [2.45, 2.75) is 25.5 Å². The number of hydrogen-bond donors (Lipinski definition) is 1. The molecule has 2 aromatic rings. The number of Topliss-reactive ketones (excluding diaryl/α,β-unsaturated/α-hetero) is 1. The van der Waals surface area contributed by atoms with Crippen LogP contribution in [0, 0.1) is 0 Å². The third kappa shape index (κ3) is 5.90. The second kappa shape index (κ2) is 8.35. The summed E-state index contributed by atoms with van der Waals surface area (Å²) in [5, 5.41) is 0. The minimum atomic E-state index is -0.153. The van der Waals surface area contributed by atoms with Crippen LogP contribution in [0.4, 0.5) is 0 Å². The Hall–Kier alpha value is -1.97. The number of ether oxygens (including phenoxy) is 1. The zero-order valence-electron chi connectivity index (χ0n) is 12.1. The Morgan fingerprint density at radius 2 is 1.52 bits per heavy atom. The van der Waals surface area contributed by atoms with Crippen LogP contribution in [0.5, 0.6) is 0 Å². The summed E-state index contributed by atoms with van der Waals surface area (Å²) in [7, 11) is 0. The van der Waals surface area contributed by atoms with E-state index < -0.39 is 0 Å². The van der Waals surface area contributed by atoms with Crippen LogP contribution in [0.3, 0.4) is 0 Å². The lowest BCUT2D eigenvalue weighted by Crippen LogP contribution is -2.27. The first-order chi connectivity index (χ1) is 10.2. The van der Waals surface area contributed by atoms with Gasteiger partial charge in [0.25, 0.3) is 0 Å². The fourth-order valence-corrected chi connectivity index (χ4v) is 2.20. The van der Waals surface area contributed by atoms with Gasteiger partial charge >= 0.3 is 0 Å². The second-order valence-corrected chi connectivity index (χ2v) is 5.17. The van der Waals surface area contributed by atoms with Crippen LogP contribution in [-0.2, 0) is 22.6 Å². The van der Waals surface area contributed by atoms with E-state index in [4.69, 9.17) is 10.5 Å². The highest BCUT2D eigenvalue weighted by Gasteiger charge is 2.10. The van der Waals surface area contributed by atoms with Crippen LogP contribution in [0.25, 0.3) is 0 Å². The average molecular weight is 283 g/mol. The maximum absolute atomic E-state index is 11.8. The smallest absolute Gasteiger partial charge is 0.160 e. The topological polar surface area (TPSA) is 52.3 Å². The standard InChI is InChI=1S/C18H21NO2/c19-17(11-15-7-3-1-4-8-15)12-18(20)14-21-13-16-9-5-2-6-10-16/h1-10,17H,11-14,19H2/t17-/m1/s1. The maximum atomic E-state index is 11.8. The molecule has 0 amide bonds. The van der Waals surface area contributed by atoms with Crippen molar-refractivity contribution in [3.8, 4) is 0 Å². The first-order valence-corrected chi connectivity index (χ1v) is 7.17. The van der Waals surface area contributed by atoms with E-state index in [2.05, 4.69) is 0 Å². The van der Waals surface area contributed by atoms with Gasteiger partial charge in [0.15, 0.2) is 5.78 Å². The van der Waals surface area contributed by atoms with E-state index in [0.717, 1.165) is 11.1 Å². The van der Waals surface area contributed by atoms with Crippen LogP contribution in [0.15, 0.2) is 60.7 Å². The summed E-state index contributed by atoms with van der Waals surface area (Å²) in [6, 6.07) is 19.6. The largest absolute Gasteiger partial charge is 0.369 e. The lowest BCUT2D eigenvalue weighted by molar-refractivity contribution is -0.124. The van der Waals surface area contributed by atoms with Gasteiger partial charge < -0.3 is 10.5 Å². The van der Waals surface area contributed by atoms with Crippen molar-refractivity contribution in [2.24, 2.45) is 5.73 Å². The first kappa shape index (κ1) is 15.4. The van der Waals surface area contributed by atoms with Crippen LogP contribution in [0.1, 0.15) is 17.5 Å². The van der Waals surface area contributed by atoms with Gasteiger partial charge in [-0.05, 0) is 17.5 Å². The van der Waals surface area contributed by atoms with Crippen molar-refractivity contribution >= 4 is 5.78 Å². The van der Waals surface area contributed by atoms with E-state index in [1.807, 2.05) is 60.7 Å². The number of carbonyl (C=O) groups is 1. The van der Waals surface area contributed by atoms with Gasteiger partial charge in [-0.1, -0.05) is 60.7 Å². The van der Waals surface area contributed by atoms with Crippen LogP contribution >= 0.6 is 0 Å². The molecule has 0 aliphatic heterocycles. The molecule has 0 saturated carbocycles. The third-order valence-electron chi connectivity index (χ3n) is 3.21. The van der Waals surface area contributed by atoms with E-state index in [0.29, 0.717) is 19.4 Å². The van der Waals surface area contributed by atoms with Crippen molar-refractivity contribution in [2.75, 3.05) is 6.61 Å². The Morgan fingerprint density at radius 1 is 0.952 bits per heavy atom. The molecule has 110 valence electrons. The zero-order chi connectivity index (χ0) is 14.9. The molecule has 1 atom stereocenters. The summed E-state index contributed by atoms with van der Waals surface area (Å²) < 4.78 is 5.43. The molecule has 0 heterocycles. The van der Waals surface area contributed by atoms with Gasteiger partial charge in [0.2, 0.25) is 0 Å². The normalized spacial score (nSPS) is 12.0. The molecule has 0 spiro atoms.